The molecule has 1 fully saturated rings. The van der Waals surface area contributed by atoms with Crippen molar-refractivity contribution in [3.8, 4) is 0 Å². The monoisotopic (exact) mass is 257 g/mol. The van der Waals surface area contributed by atoms with Crippen LogP contribution in [-0.2, 0) is 11.2 Å². The van der Waals surface area contributed by atoms with Crippen molar-refractivity contribution in [3.05, 3.63) is 17.0 Å². The number of ether oxygens (including phenoxy) is 1. The van der Waals surface area contributed by atoms with Crippen molar-refractivity contribution in [2.24, 2.45) is 0 Å². The third-order valence-corrected chi connectivity index (χ3v) is 2.97. The third kappa shape index (κ3) is 2.86. The summed E-state index contributed by atoms with van der Waals surface area (Å²) >= 11 is 5.97. The minimum atomic E-state index is -0.0561. The molecule has 0 spiro atoms. The predicted molar refractivity (Wildman–Crippen MR) is 65.5 cm³/mol. The predicted octanol–water partition coefficient (Wildman–Crippen LogP) is 0.890. The first-order valence-electron chi connectivity index (χ1n) is 5.73. The number of anilines is 1. The van der Waals surface area contributed by atoms with Crippen molar-refractivity contribution >= 4 is 17.4 Å². The Bertz CT molecular complexity index is 389. The lowest BCUT2D eigenvalue weighted by Crippen LogP contribution is -2.48. The Morgan fingerprint density at radius 3 is 3.12 bits per heavy atom. The number of aliphatic hydroxyl groups excluding tert-OH is 1. The van der Waals surface area contributed by atoms with E-state index < -0.39 is 0 Å². The van der Waals surface area contributed by atoms with Gasteiger partial charge >= 0.3 is 0 Å². The van der Waals surface area contributed by atoms with Crippen LogP contribution in [-0.4, -0.2) is 47.5 Å². The van der Waals surface area contributed by atoms with Gasteiger partial charge in [0.15, 0.2) is 0 Å². The van der Waals surface area contributed by atoms with Crippen LogP contribution >= 0.6 is 11.6 Å². The fourth-order valence-electron chi connectivity index (χ4n) is 1.86. The van der Waals surface area contributed by atoms with E-state index in [0.717, 1.165) is 18.1 Å². The molecular weight excluding hydrogens is 242 g/mol. The zero-order valence-corrected chi connectivity index (χ0v) is 10.5. The Labute approximate surface area is 105 Å². The standard InChI is InChI=1S/C11H16ClN3O2/c1-2-10-13-9(12)5-11(14-10)15-3-4-17-7-8(15)6-16/h5,8,16H,2-4,6-7H2,1H3. The molecule has 1 aliphatic rings. The van der Waals surface area contributed by atoms with Crippen molar-refractivity contribution in [1.29, 1.82) is 0 Å². The van der Waals surface area contributed by atoms with E-state index in [-0.39, 0.29) is 12.6 Å². The first kappa shape index (κ1) is 12.5. The molecule has 5 nitrogen and oxygen atoms in total. The molecule has 1 aromatic heterocycles. The lowest BCUT2D eigenvalue weighted by molar-refractivity contribution is 0.0722. The topological polar surface area (TPSA) is 58.5 Å². The van der Waals surface area contributed by atoms with Gasteiger partial charge in [-0.3, -0.25) is 0 Å². The van der Waals surface area contributed by atoms with E-state index in [1.165, 1.54) is 0 Å². The molecule has 1 unspecified atom stereocenters. The molecule has 1 aromatic rings. The van der Waals surface area contributed by atoms with E-state index in [9.17, 15) is 5.11 Å². The van der Waals surface area contributed by atoms with Gasteiger partial charge in [0, 0.05) is 19.0 Å². The zero-order chi connectivity index (χ0) is 12.3. The van der Waals surface area contributed by atoms with Gasteiger partial charge in [0.1, 0.15) is 16.8 Å². The van der Waals surface area contributed by atoms with Gasteiger partial charge in [0.05, 0.1) is 25.9 Å². The van der Waals surface area contributed by atoms with E-state index >= 15 is 0 Å². The van der Waals surface area contributed by atoms with Crippen molar-refractivity contribution in [2.45, 2.75) is 19.4 Å². The van der Waals surface area contributed by atoms with E-state index in [1.807, 2.05) is 11.8 Å². The average Bonchev–Trinajstić information content (AvgIpc) is 2.37. The fourth-order valence-corrected chi connectivity index (χ4v) is 2.06. The second-order valence-corrected chi connectivity index (χ2v) is 4.31. The number of aromatic nitrogens is 2. The summed E-state index contributed by atoms with van der Waals surface area (Å²) in [6.07, 6.45) is 0.738. The number of morpholine rings is 1. The SMILES string of the molecule is CCc1nc(Cl)cc(N2CCOCC2CO)n1. The Balaban J connectivity index is 2.27. The van der Waals surface area contributed by atoms with E-state index in [4.69, 9.17) is 16.3 Å². The molecule has 94 valence electrons. The Hall–Kier alpha value is -0.910. The van der Waals surface area contributed by atoms with Crippen LogP contribution in [0.25, 0.3) is 0 Å². The summed E-state index contributed by atoms with van der Waals surface area (Å²) in [7, 11) is 0. The number of rotatable bonds is 3. The van der Waals surface area contributed by atoms with Gasteiger partial charge in [-0.15, -0.1) is 0 Å². The molecule has 2 heterocycles. The number of aliphatic hydroxyl groups is 1. The smallest absolute Gasteiger partial charge is 0.134 e. The molecule has 0 amide bonds. The van der Waals surface area contributed by atoms with Crippen molar-refractivity contribution in [3.63, 3.8) is 0 Å². The highest BCUT2D eigenvalue weighted by molar-refractivity contribution is 6.29. The van der Waals surface area contributed by atoms with Gasteiger partial charge in [0.25, 0.3) is 0 Å². The molecule has 6 heteroatoms. The summed E-state index contributed by atoms with van der Waals surface area (Å²) in [5, 5.41) is 9.76. The van der Waals surface area contributed by atoms with Gasteiger partial charge in [-0.1, -0.05) is 18.5 Å². The maximum Gasteiger partial charge on any atom is 0.134 e. The molecular formula is C11H16ClN3O2. The van der Waals surface area contributed by atoms with Crippen molar-refractivity contribution in [1.82, 2.24) is 9.97 Å². The van der Waals surface area contributed by atoms with Gasteiger partial charge in [-0.05, 0) is 0 Å². The van der Waals surface area contributed by atoms with Gasteiger partial charge in [0.2, 0.25) is 0 Å². The van der Waals surface area contributed by atoms with Crippen LogP contribution in [0.1, 0.15) is 12.7 Å². The number of halogens is 1. The minimum Gasteiger partial charge on any atom is -0.394 e. The van der Waals surface area contributed by atoms with Gasteiger partial charge in [-0.2, -0.15) is 0 Å². The molecule has 17 heavy (non-hydrogen) atoms. The largest absolute Gasteiger partial charge is 0.394 e. The first-order chi connectivity index (χ1) is 8.24. The molecule has 2 rings (SSSR count). The van der Waals surface area contributed by atoms with Crippen LogP contribution in [0.15, 0.2) is 6.07 Å². The van der Waals surface area contributed by atoms with Crippen molar-refractivity contribution in [2.75, 3.05) is 31.3 Å². The second-order valence-electron chi connectivity index (χ2n) is 3.92. The number of aryl methyl sites for hydroxylation is 1. The lowest BCUT2D eigenvalue weighted by Gasteiger charge is -2.35. The molecule has 1 N–H and O–H groups in total. The molecule has 0 saturated carbocycles. The quantitative estimate of drug-likeness (QED) is 0.815. The van der Waals surface area contributed by atoms with Crippen molar-refractivity contribution < 1.29 is 9.84 Å². The molecule has 0 radical (unpaired) electrons. The first-order valence-corrected chi connectivity index (χ1v) is 6.11. The summed E-state index contributed by atoms with van der Waals surface area (Å²) in [4.78, 5) is 10.6. The lowest BCUT2D eigenvalue weighted by atomic mass is 10.2. The van der Waals surface area contributed by atoms with Crippen LogP contribution in [0.2, 0.25) is 5.15 Å². The summed E-state index contributed by atoms with van der Waals surface area (Å²) < 4.78 is 5.33. The third-order valence-electron chi connectivity index (χ3n) is 2.78. The Morgan fingerprint density at radius 2 is 2.41 bits per heavy atom. The summed E-state index contributed by atoms with van der Waals surface area (Å²) in [5.74, 6) is 1.49. The van der Waals surface area contributed by atoms with Crippen LogP contribution in [0.4, 0.5) is 5.82 Å². The van der Waals surface area contributed by atoms with Gasteiger partial charge < -0.3 is 14.7 Å². The number of hydrogen-bond donors (Lipinski definition) is 1. The molecule has 1 atom stereocenters. The highest BCUT2D eigenvalue weighted by atomic mass is 35.5. The number of nitrogens with zero attached hydrogens (tertiary/aromatic N) is 3. The second kappa shape index (κ2) is 5.62. The summed E-state index contributed by atoms with van der Waals surface area (Å²) in [5.41, 5.74) is 0. The summed E-state index contributed by atoms with van der Waals surface area (Å²) in [6.45, 7) is 3.89. The highest BCUT2D eigenvalue weighted by Gasteiger charge is 2.24. The van der Waals surface area contributed by atoms with E-state index in [2.05, 4.69) is 9.97 Å². The average molecular weight is 258 g/mol. The van der Waals surface area contributed by atoms with E-state index in [0.29, 0.717) is 24.9 Å². The summed E-state index contributed by atoms with van der Waals surface area (Å²) in [6, 6.07) is 1.67. The molecule has 0 aromatic carbocycles. The Kier molecular flexibility index (Phi) is 4.15. The number of hydrogen-bond acceptors (Lipinski definition) is 5. The zero-order valence-electron chi connectivity index (χ0n) is 9.77. The maximum absolute atomic E-state index is 9.32. The van der Waals surface area contributed by atoms with Crippen LogP contribution < -0.4 is 4.90 Å². The molecule has 0 bridgehead atoms. The molecule has 0 aliphatic carbocycles. The normalized spacial score (nSPS) is 20.6. The molecule has 1 aliphatic heterocycles. The highest BCUT2D eigenvalue weighted by Crippen LogP contribution is 2.20. The Morgan fingerprint density at radius 1 is 1.59 bits per heavy atom. The fraction of sp³-hybridized carbons (Fsp3) is 0.636. The van der Waals surface area contributed by atoms with E-state index in [1.54, 1.807) is 6.07 Å². The van der Waals surface area contributed by atoms with Crippen LogP contribution in [0, 0.1) is 0 Å². The minimum absolute atomic E-state index is 0.0447. The van der Waals surface area contributed by atoms with Crippen LogP contribution in [0.5, 0.6) is 0 Å². The molecule has 1 saturated heterocycles. The van der Waals surface area contributed by atoms with Crippen LogP contribution in [0.3, 0.4) is 0 Å². The van der Waals surface area contributed by atoms with Gasteiger partial charge in [-0.25, -0.2) is 9.97 Å². The maximum atomic E-state index is 9.32.